The number of carbonyl (C=O) groups excluding carboxylic acids is 1. The van der Waals surface area contributed by atoms with Crippen LogP contribution < -0.4 is 4.74 Å². The summed E-state index contributed by atoms with van der Waals surface area (Å²) in [6.07, 6.45) is 2.83. The maximum Gasteiger partial charge on any atom is 0.266 e. The van der Waals surface area contributed by atoms with E-state index in [1.165, 1.54) is 11.8 Å². The number of likely N-dealkylation sites (N-methyl/N-ethyl adjacent to an activating group) is 1. The van der Waals surface area contributed by atoms with Crippen molar-refractivity contribution >= 4 is 34.6 Å². The molecule has 3 rings (SSSR count). The van der Waals surface area contributed by atoms with Crippen molar-refractivity contribution in [3.63, 3.8) is 0 Å². The number of phenols is 1. The Bertz CT molecular complexity index is 875. The lowest BCUT2D eigenvalue weighted by Gasteiger charge is -2.12. The summed E-state index contributed by atoms with van der Waals surface area (Å²) in [6.45, 7) is 5.20. The number of thioether (sulfide) groups is 1. The van der Waals surface area contributed by atoms with E-state index in [-0.39, 0.29) is 11.7 Å². The number of hydrogen-bond acceptors (Lipinski definition) is 5. The van der Waals surface area contributed by atoms with E-state index in [9.17, 15) is 9.90 Å². The zero-order valence-electron chi connectivity index (χ0n) is 15.4. The molecule has 1 amide bonds. The predicted molar refractivity (Wildman–Crippen MR) is 110 cm³/mol. The average Bonchev–Trinajstić information content (AvgIpc) is 2.95. The maximum absolute atomic E-state index is 12.7. The van der Waals surface area contributed by atoms with Crippen molar-refractivity contribution in [1.82, 2.24) is 4.90 Å². The quantitative estimate of drug-likeness (QED) is 0.729. The lowest BCUT2D eigenvalue weighted by atomic mass is 10.2. The summed E-state index contributed by atoms with van der Waals surface area (Å²) in [7, 11) is 0. The van der Waals surface area contributed by atoms with Crippen LogP contribution in [0.4, 0.5) is 5.69 Å². The second-order valence-electron chi connectivity index (χ2n) is 5.99. The van der Waals surface area contributed by atoms with Gasteiger partial charge in [0.1, 0.15) is 11.5 Å². The molecule has 0 bridgehead atoms. The predicted octanol–water partition coefficient (Wildman–Crippen LogP) is 4.80. The molecule has 0 saturated carbocycles. The standard InChI is InChI=1S/C21H22N2O3S/c1-3-12-26-18-10-8-15(9-11-18)13-19-20(25)23(4-2)21(27-19)22-16-6-5-7-17(24)14-16/h5-11,13-14,24H,3-4,12H2,1-2H3/b19-13-,22-21?. The van der Waals surface area contributed by atoms with Gasteiger partial charge in [-0.1, -0.05) is 25.1 Å². The van der Waals surface area contributed by atoms with Crippen molar-refractivity contribution in [2.75, 3.05) is 13.2 Å². The summed E-state index contributed by atoms with van der Waals surface area (Å²) >= 11 is 1.34. The monoisotopic (exact) mass is 382 g/mol. The van der Waals surface area contributed by atoms with Gasteiger partial charge in [0, 0.05) is 12.6 Å². The number of aromatic hydroxyl groups is 1. The summed E-state index contributed by atoms with van der Waals surface area (Å²) in [5.74, 6) is 0.911. The minimum Gasteiger partial charge on any atom is -0.508 e. The van der Waals surface area contributed by atoms with Gasteiger partial charge in [-0.3, -0.25) is 9.69 Å². The van der Waals surface area contributed by atoms with Crippen LogP contribution in [0.3, 0.4) is 0 Å². The van der Waals surface area contributed by atoms with Crippen LogP contribution in [0.25, 0.3) is 6.08 Å². The van der Waals surface area contributed by atoms with Crippen molar-refractivity contribution in [2.24, 2.45) is 4.99 Å². The minimum atomic E-state index is -0.0623. The van der Waals surface area contributed by atoms with E-state index in [2.05, 4.69) is 11.9 Å². The first kappa shape index (κ1) is 19.0. The molecule has 0 spiro atoms. The van der Waals surface area contributed by atoms with Crippen LogP contribution >= 0.6 is 11.8 Å². The number of hydrogen-bond donors (Lipinski definition) is 1. The molecule has 0 unspecified atom stereocenters. The molecule has 0 radical (unpaired) electrons. The van der Waals surface area contributed by atoms with E-state index in [0.717, 1.165) is 17.7 Å². The van der Waals surface area contributed by atoms with E-state index < -0.39 is 0 Å². The van der Waals surface area contributed by atoms with Crippen molar-refractivity contribution in [2.45, 2.75) is 20.3 Å². The number of amides is 1. The minimum absolute atomic E-state index is 0.0623. The Morgan fingerprint density at radius 3 is 2.63 bits per heavy atom. The highest BCUT2D eigenvalue weighted by Gasteiger charge is 2.32. The first-order chi connectivity index (χ1) is 13.1. The fraction of sp³-hybridized carbons (Fsp3) is 0.238. The lowest BCUT2D eigenvalue weighted by molar-refractivity contribution is -0.122. The third kappa shape index (κ3) is 4.71. The molecule has 1 heterocycles. The Hall–Kier alpha value is -2.73. The average molecular weight is 382 g/mol. The third-order valence-corrected chi connectivity index (χ3v) is 4.92. The topological polar surface area (TPSA) is 62.1 Å². The Morgan fingerprint density at radius 2 is 1.96 bits per heavy atom. The Morgan fingerprint density at radius 1 is 1.19 bits per heavy atom. The van der Waals surface area contributed by atoms with Gasteiger partial charge in [-0.05, 0) is 61.0 Å². The van der Waals surface area contributed by atoms with Crippen LogP contribution in [-0.2, 0) is 4.79 Å². The van der Waals surface area contributed by atoms with Crippen LogP contribution in [0.5, 0.6) is 11.5 Å². The highest BCUT2D eigenvalue weighted by molar-refractivity contribution is 8.18. The number of carbonyl (C=O) groups is 1. The molecule has 27 heavy (non-hydrogen) atoms. The molecule has 2 aromatic rings. The normalized spacial score (nSPS) is 17.1. The van der Waals surface area contributed by atoms with Gasteiger partial charge in [0.25, 0.3) is 5.91 Å². The smallest absolute Gasteiger partial charge is 0.266 e. The summed E-state index contributed by atoms with van der Waals surface area (Å²) in [5.41, 5.74) is 1.55. The SMILES string of the molecule is CCCOc1ccc(/C=C2\SC(=Nc3cccc(O)c3)N(CC)C2=O)cc1. The first-order valence-electron chi connectivity index (χ1n) is 8.92. The van der Waals surface area contributed by atoms with Gasteiger partial charge < -0.3 is 9.84 Å². The Balaban J connectivity index is 1.82. The number of nitrogens with zero attached hydrogens (tertiary/aromatic N) is 2. The molecule has 140 valence electrons. The van der Waals surface area contributed by atoms with Gasteiger partial charge in [0.2, 0.25) is 0 Å². The van der Waals surface area contributed by atoms with E-state index >= 15 is 0 Å². The molecule has 1 aliphatic heterocycles. The Kier molecular flexibility index (Phi) is 6.19. The molecule has 5 nitrogen and oxygen atoms in total. The van der Waals surface area contributed by atoms with Crippen LogP contribution in [-0.4, -0.2) is 34.2 Å². The first-order valence-corrected chi connectivity index (χ1v) is 9.74. The molecule has 6 heteroatoms. The number of phenolic OH excluding ortho intramolecular Hbond substituents is 1. The molecule has 2 aromatic carbocycles. The molecule has 0 atom stereocenters. The highest BCUT2D eigenvalue weighted by atomic mass is 32.2. The molecule has 1 N–H and O–H groups in total. The van der Waals surface area contributed by atoms with Crippen LogP contribution in [0.2, 0.25) is 0 Å². The number of benzene rings is 2. The van der Waals surface area contributed by atoms with Crippen LogP contribution in [0.1, 0.15) is 25.8 Å². The van der Waals surface area contributed by atoms with Gasteiger partial charge >= 0.3 is 0 Å². The lowest BCUT2D eigenvalue weighted by Crippen LogP contribution is -2.28. The number of ether oxygens (including phenoxy) is 1. The summed E-state index contributed by atoms with van der Waals surface area (Å²) < 4.78 is 5.59. The molecule has 1 fully saturated rings. The number of aliphatic imine (C=N–C) groups is 1. The second kappa shape index (κ2) is 8.77. The number of amidine groups is 1. The van der Waals surface area contributed by atoms with E-state index in [0.29, 0.717) is 28.9 Å². The second-order valence-corrected chi connectivity index (χ2v) is 7.00. The third-order valence-electron chi connectivity index (χ3n) is 3.91. The molecular weight excluding hydrogens is 360 g/mol. The zero-order chi connectivity index (χ0) is 19.2. The fourth-order valence-electron chi connectivity index (χ4n) is 2.57. The van der Waals surface area contributed by atoms with Crippen molar-refractivity contribution in [1.29, 1.82) is 0 Å². The van der Waals surface area contributed by atoms with Gasteiger partial charge in [-0.25, -0.2) is 4.99 Å². The molecular formula is C21H22N2O3S. The van der Waals surface area contributed by atoms with Gasteiger partial charge in [0.05, 0.1) is 17.2 Å². The summed E-state index contributed by atoms with van der Waals surface area (Å²) in [4.78, 5) is 19.5. The molecule has 1 aliphatic rings. The van der Waals surface area contributed by atoms with E-state index in [4.69, 9.17) is 4.74 Å². The summed E-state index contributed by atoms with van der Waals surface area (Å²) in [6, 6.07) is 14.4. The Labute approximate surface area is 163 Å². The van der Waals surface area contributed by atoms with Crippen molar-refractivity contribution in [3.8, 4) is 11.5 Å². The van der Waals surface area contributed by atoms with Gasteiger partial charge in [-0.15, -0.1) is 0 Å². The summed E-state index contributed by atoms with van der Waals surface area (Å²) in [5, 5.41) is 10.2. The fourth-order valence-corrected chi connectivity index (χ4v) is 3.64. The van der Waals surface area contributed by atoms with Crippen molar-refractivity contribution < 1.29 is 14.6 Å². The van der Waals surface area contributed by atoms with E-state index in [1.807, 2.05) is 37.3 Å². The van der Waals surface area contributed by atoms with E-state index in [1.54, 1.807) is 29.2 Å². The maximum atomic E-state index is 12.7. The molecule has 0 aliphatic carbocycles. The zero-order valence-corrected chi connectivity index (χ0v) is 16.2. The van der Waals surface area contributed by atoms with Crippen LogP contribution in [0, 0.1) is 0 Å². The number of rotatable bonds is 6. The van der Waals surface area contributed by atoms with Crippen LogP contribution in [0.15, 0.2) is 58.4 Å². The largest absolute Gasteiger partial charge is 0.508 e. The molecule has 1 saturated heterocycles. The van der Waals surface area contributed by atoms with Gasteiger partial charge in [0.15, 0.2) is 5.17 Å². The molecule has 0 aromatic heterocycles. The van der Waals surface area contributed by atoms with Gasteiger partial charge in [-0.2, -0.15) is 0 Å². The highest BCUT2D eigenvalue weighted by Crippen LogP contribution is 2.34. The van der Waals surface area contributed by atoms with Crippen molar-refractivity contribution in [3.05, 3.63) is 59.0 Å².